The van der Waals surface area contributed by atoms with Crippen LogP contribution in [0.25, 0.3) is 27.6 Å². The van der Waals surface area contributed by atoms with Crippen molar-refractivity contribution in [2.75, 3.05) is 9.80 Å². The number of hydrogen-bond acceptors (Lipinski definition) is 4. The average molecular weight is 1180 g/mol. The fourth-order valence-corrected chi connectivity index (χ4v) is 17.3. The van der Waals surface area contributed by atoms with Gasteiger partial charge in [-0.1, -0.05) is 126 Å². The Morgan fingerprint density at radius 1 is 0.630 bits per heavy atom. The molecule has 0 radical (unpaired) electrons. The largest absolute Gasteiger partial charge is 0.509 e. The second-order valence-corrected chi connectivity index (χ2v) is 35.3. The van der Waals surface area contributed by atoms with Gasteiger partial charge in [0.2, 0.25) is 0 Å². The Balaban J connectivity index is 0.00000574. The first-order valence-electron chi connectivity index (χ1n) is 26.7. The van der Waals surface area contributed by atoms with E-state index in [1.807, 2.05) is 0 Å². The summed E-state index contributed by atoms with van der Waals surface area (Å²) >= 11 is 0. The van der Waals surface area contributed by atoms with Gasteiger partial charge < -0.3 is 19.1 Å². The topological polar surface area (TPSA) is 33.5 Å². The van der Waals surface area contributed by atoms with Crippen LogP contribution in [-0.2, 0) is 31.9 Å². The molecule has 4 aliphatic carbocycles. The van der Waals surface area contributed by atoms with Gasteiger partial charge in [0, 0.05) is 66.8 Å². The van der Waals surface area contributed by atoms with E-state index in [2.05, 4.69) is 235 Å². The molecule has 0 amide bonds. The van der Waals surface area contributed by atoms with Gasteiger partial charge in [-0.15, -0.1) is 53.6 Å². The Labute approximate surface area is 451 Å². The Kier molecular flexibility index (Phi) is 12.3. The van der Waals surface area contributed by atoms with Crippen molar-refractivity contribution in [3.63, 3.8) is 0 Å². The van der Waals surface area contributed by atoms with E-state index >= 15 is 0 Å². The summed E-state index contributed by atoms with van der Waals surface area (Å²) in [6.45, 7) is 30.9. The Bertz CT molecular complexity index is 3380. The number of ether oxygens (including phenoxy) is 1. The van der Waals surface area contributed by atoms with Crippen molar-refractivity contribution in [2.45, 2.75) is 124 Å². The predicted molar refractivity (Wildman–Crippen MR) is 307 cm³/mol. The number of pyridine rings is 1. The number of nitrogens with zero attached hydrogens (tertiary/aromatic N) is 4. The number of para-hydroxylation sites is 4. The fraction of sp³-hybridized carbons (Fsp3) is 0.354. The first-order valence-corrected chi connectivity index (χ1v) is 33.7. The first-order chi connectivity index (χ1) is 34.3. The normalized spacial score (nSPS) is 21.5. The van der Waals surface area contributed by atoms with Gasteiger partial charge in [-0.25, -0.2) is 4.98 Å². The minimum atomic E-state index is -1.76. The summed E-state index contributed by atoms with van der Waals surface area (Å²) in [5, 5.41) is 5.29. The third-order valence-corrected chi connectivity index (χ3v) is 21.6. The molecule has 8 heteroatoms. The zero-order chi connectivity index (χ0) is 50.2. The van der Waals surface area contributed by atoms with Gasteiger partial charge in [0.25, 0.3) is 0 Å². The molecule has 5 nitrogen and oxygen atoms in total. The van der Waals surface area contributed by atoms with Gasteiger partial charge in [0.05, 0.1) is 16.1 Å². The van der Waals surface area contributed by atoms with Crippen molar-refractivity contribution >= 4 is 71.1 Å². The van der Waals surface area contributed by atoms with Crippen molar-refractivity contribution in [3.8, 4) is 17.3 Å². The van der Waals surface area contributed by atoms with Gasteiger partial charge >= 0.3 is 0 Å². The number of aryl methyl sites for hydroxylation is 2. The number of anilines is 4. The smallest absolute Gasteiger partial charge is 0.135 e. The molecule has 0 atom stereocenters. The molecule has 4 fully saturated rings. The first kappa shape index (κ1) is 50.0. The Morgan fingerprint density at radius 3 is 1.88 bits per heavy atom. The van der Waals surface area contributed by atoms with Gasteiger partial charge in [0.1, 0.15) is 5.82 Å². The molecule has 4 saturated carbocycles. The maximum atomic E-state index is 7.04. The van der Waals surface area contributed by atoms with Gasteiger partial charge in [-0.2, -0.15) is 6.07 Å². The van der Waals surface area contributed by atoms with Crippen molar-refractivity contribution < 1.29 is 25.8 Å². The number of rotatable bonds is 9. The van der Waals surface area contributed by atoms with Crippen LogP contribution in [0, 0.1) is 63.2 Å². The molecule has 0 saturated heterocycles. The molecule has 8 aromatic rings. The molecule has 73 heavy (non-hydrogen) atoms. The molecule has 5 aliphatic rings. The molecule has 0 spiro atoms. The van der Waals surface area contributed by atoms with E-state index in [1.165, 1.54) is 92.6 Å². The maximum absolute atomic E-state index is 7.04. The monoisotopic (exact) mass is 1170 g/mol. The minimum absolute atomic E-state index is 0. The zero-order valence-electron chi connectivity index (χ0n) is 45.0. The molecule has 13 rings (SSSR count). The van der Waals surface area contributed by atoms with Crippen LogP contribution in [0.3, 0.4) is 0 Å². The summed E-state index contributed by atoms with van der Waals surface area (Å²) < 4.78 is 9.38. The van der Waals surface area contributed by atoms with Crippen LogP contribution in [0.5, 0.6) is 11.5 Å². The van der Waals surface area contributed by atoms with E-state index in [0.29, 0.717) is 23.3 Å². The van der Waals surface area contributed by atoms with Gasteiger partial charge in [0.15, 0.2) is 0 Å². The van der Waals surface area contributed by atoms with Crippen LogP contribution in [-0.4, -0.2) is 25.7 Å². The van der Waals surface area contributed by atoms with Crippen LogP contribution < -0.4 is 24.9 Å². The molecule has 4 bridgehead atoms. The maximum Gasteiger partial charge on any atom is 0.135 e. The van der Waals surface area contributed by atoms with Crippen molar-refractivity contribution in [2.24, 2.45) is 23.7 Å². The van der Waals surface area contributed by atoms with Gasteiger partial charge in [-0.3, -0.25) is 0 Å². The predicted octanol–water partition coefficient (Wildman–Crippen LogP) is 16.0. The second-order valence-electron chi connectivity index (χ2n) is 25.3. The summed E-state index contributed by atoms with van der Waals surface area (Å²) in [7, 11) is -3.51. The van der Waals surface area contributed by atoms with Crippen molar-refractivity contribution in [1.82, 2.24) is 9.55 Å². The number of benzene rings is 6. The summed E-state index contributed by atoms with van der Waals surface area (Å²) in [5.41, 5.74) is 14.8. The number of fused-ring (bicyclic) bond motifs is 4. The molecule has 6 aromatic carbocycles. The summed E-state index contributed by atoms with van der Waals surface area (Å²) in [6, 6.07) is 51.0. The Hall–Kier alpha value is -5.21. The van der Waals surface area contributed by atoms with E-state index < -0.39 is 16.1 Å². The van der Waals surface area contributed by atoms with E-state index in [-0.39, 0.29) is 31.9 Å². The molecule has 378 valence electrons. The molecule has 1 aliphatic heterocycles. The zero-order valence-corrected chi connectivity index (χ0v) is 49.3. The van der Waals surface area contributed by atoms with Crippen LogP contribution in [0.4, 0.5) is 22.7 Å². The third kappa shape index (κ3) is 8.30. The van der Waals surface area contributed by atoms with E-state index in [4.69, 9.17) is 9.72 Å². The second kappa shape index (κ2) is 18.0. The van der Waals surface area contributed by atoms with E-state index in [1.54, 1.807) is 0 Å². The number of aromatic nitrogens is 2. The van der Waals surface area contributed by atoms with Crippen molar-refractivity contribution in [1.29, 1.82) is 0 Å². The minimum Gasteiger partial charge on any atom is -0.509 e. The summed E-state index contributed by atoms with van der Waals surface area (Å²) in [6.07, 6.45) is 8.80. The molecular formula is C65H71N4OPtSi2-3. The summed E-state index contributed by atoms with van der Waals surface area (Å²) in [4.78, 5) is 10.1. The van der Waals surface area contributed by atoms with Crippen molar-refractivity contribution in [3.05, 3.63) is 174 Å². The van der Waals surface area contributed by atoms with E-state index in [9.17, 15) is 0 Å². The molecule has 2 aromatic heterocycles. The number of hydrogen-bond donors (Lipinski definition) is 0. The Morgan fingerprint density at radius 2 is 1.25 bits per heavy atom. The van der Waals surface area contributed by atoms with Gasteiger partial charge in [-0.05, 0) is 156 Å². The quantitative estimate of drug-likeness (QED) is 0.107. The van der Waals surface area contributed by atoms with E-state index in [0.717, 1.165) is 45.4 Å². The fourth-order valence-electron chi connectivity index (χ4n) is 14.0. The van der Waals surface area contributed by atoms with Crippen LogP contribution in [0.15, 0.2) is 121 Å². The third-order valence-electron chi connectivity index (χ3n) is 17.5. The summed E-state index contributed by atoms with van der Waals surface area (Å²) in [5.74, 6) is 5.21. The SMILES string of the molecule is Cc1cc(C2(c3ccnc(-n4c5[c-]c(Oc6[c-]c(N7[CH-]N(c8c([Si](C)(C)C)cccc8[Si](C)(C)C)c8ccccc87)cc(C(C)(C)C)c6)ccc5c5ccccc54)c3)C3CC4CC(C3)CC2C4)cc(C)c1C.[Pt]. The molecule has 0 N–H and O–H groups in total. The van der Waals surface area contributed by atoms with Crippen LogP contribution in [0.1, 0.15) is 86.3 Å². The molecular weight excluding hydrogens is 1100 g/mol. The van der Waals surface area contributed by atoms with Crippen LogP contribution >= 0.6 is 0 Å². The standard InChI is InChI=1S/C65H71N4OSi2.Pt/c1-41-28-48(29-42(2)43(41)3)65(49-31-44-30-45(33-49)34-50(65)32-44)46-26-27-66-62(37-46)69-56-19-14-13-18-54(56)55-25-24-52(39-59(55)69)70-53-36-47(64(4,5)6)35-51(38-53)67-40-68(58-21-16-15-20-57(58)67)63-60(71(7,8)9)22-17-23-61(63)72(10,11)12;/h13-29,35-37,40,44-45,49-50H,30-34H2,1-12H3;/q-3;. The average Bonchev–Trinajstić information content (AvgIpc) is 3.88. The van der Waals surface area contributed by atoms with Crippen LogP contribution in [0.2, 0.25) is 39.3 Å². The molecule has 0 unspecified atom stereocenters. The molecule has 3 heterocycles.